The fourth-order valence-electron chi connectivity index (χ4n) is 4.78. The molecule has 0 bridgehead atoms. The smallest absolute Gasteiger partial charge is 0.247 e. The number of ether oxygens (including phenoxy) is 1. The van der Waals surface area contributed by atoms with E-state index in [4.69, 9.17) is 4.74 Å². The van der Waals surface area contributed by atoms with Gasteiger partial charge in [-0.2, -0.15) is 4.31 Å². The van der Waals surface area contributed by atoms with E-state index in [1.165, 1.54) is 39.9 Å². The molecule has 0 N–H and O–H groups in total. The average molecular weight is 551 g/mol. The number of halogens is 2. The number of morpholine rings is 1. The lowest BCUT2D eigenvalue weighted by Gasteiger charge is -2.30. The van der Waals surface area contributed by atoms with Crippen LogP contribution in [0.1, 0.15) is 19.3 Å². The highest BCUT2D eigenvalue weighted by molar-refractivity contribution is 7.89. The van der Waals surface area contributed by atoms with Gasteiger partial charge in [-0.3, -0.25) is 14.6 Å². The van der Waals surface area contributed by atoms with Crippen molar-refractivity contribution in [1.82, 2.24) is 14.2 Å². The van der Waals surface area contributed by atoms with Crippen LogP contribution in [0.3, 0.4) is 0 Å². The van der Waals surface area contributed by atoms with Gasteiger partial charge in [0.2, 0.25) is 15.9 Å². The molecule has 2 fully saturated rings. The topological polar surface area (TPSA) is 83.1 Å². The Morgan fingerprint density at radius 2 is 1.81 bits per heavy atom. The molecular formula is C25H28F2N4O4S2. The largest absolute Gasteiger partial charge is 0.379 e. The Kier molecular flexibility index (Phi) is 7.82. The maximum atomic E-state index is 13.9. The summed E-state index contributed by atoms with van der Waals surface area (Å²) in [4.78, 5) is 22.3. The summed E-state index contributed by atoms with van der Waals surface area (Å²) in [6, 6.07) is 8.00. The van der Waals surface area contributed by atoms with Gasteiger partial charge in [0.15, 0.2) is 5.13 Å². The van der Waals surface area contributed by atoms with Gasteiger partial charge in [0, 0.05) is 32.7 Å². The maximum Gasteiger partial charge on any atom is 0.247 e. The summed E-state index contributed by atoms with van der Waals surface area (Å²) in [6.45, 7) is 4.28. The van der Waals surface area contributed by atoms with Crippen LogP contribution in [0.15, 0.2) is 47.4 Å². The van der Waals surface area contributed by atoms with E-state index < -0.39 is 21.9 Å². The third kappa shape index (κ3) is 5.68. The molecule has 1 amide bonds. The minimum Gasteiger partial charge on any atom is -0.379 e. The van der Waals surface area contributed by atoms with Gasteiger partial charge in [-0.1, -0.05) is 11.3 Å². The van der Waals surface area contributed by atoms with Gasteiger partial charge in [0.05, 0.1) is 28.3 Å². The monoisotopic (exact) mass is 550 g/mol. The minimum atomic E-state index is -4.00. The van der Waals surface area contributed by atoms with Crippen LogP contribution in [0.4, 0.5) is 13.9 Å². The molecule has 0 aliphatic carbocycles. The number of rotatable bonds is 8. The molecule has 198 valence electrons. The Morgan fingerprint density at radius 3 is 2.57 bits per heavy atom. The van der Waals surface area contributed by atoms with Crippen molar-refractivity contribution in [1.29, 1.82) is 0 Å². The number of carbonyl (C=O) groups excluding carboxylic acids is 1. The molecule has 2 aliphatic heterocycles. The molecule has 5 rings (SSSR count). The summed E-state index contributed by atoms with van der Waals surface area (Å²) in [5.74, 6) is -1.28. The van der Waals surface area contributed by atoms with Crippen molar-refractivity contribution in [3.8, 4) is 0 Å². The molecule has 1 atom stereocenters. The van der Waals surface area contributed by atoms with E-state index in [1.54, 1.807) is 11.0 Å². The number of thiazole rings is 1. The number of sulfonamides is 1. The van der Waals surface area contributed by atoms with Gasteiger partial charge >= 0.3 is 0 Å². The molecule has 2 saturated heterocycles. The van der Waals surface area contributed by atoms with Crippen molar-refractivity contribution in [3.63, 3.8) is 0 Å². The summed E-state index contributed by atoms with van der Waals surface area (Å²) < 4.78 is 61.2. The van der Waals surface area contributed by atoms with Crippen LogP contribution in [0.2, 0.25) is 0 Å². The number of benzene rings is 2. The molecule has 1 unspecified atom stereocenters. The summed E-state index contributed by atoms with van der Waals surface area (Å²) in [5.41, 5.74) is 0.578. The molecule has 2 aromatic carbocycles. The Morgan fingerprint density at radius 1 is 1.08 bits per heavy atom. The number of fused-ring (bicyclic) bond motifs is 1. The van der Waals surface area contributed by atoms with Crippen LogP contribution < -0.4 is 4.90 Å². The Hall–Kier alpha value is -2.51. The Balaban J connectivity index is 1.41. The van der Waals surface area contributed by atoms with Crippen molar-refractivity contribution in [2.45, 2.75) is 30.2 Å². The SMILES string of the molecule is O=C(C1CCCN1S(=O)(=O)c1ccc(F)cc1)N(CCCN1CCOCC1)c1nc2ccc(F)cc2s1. The number of nitrogens with zero attached hydrogens (tertiary/aromatic N) is 4. The van der Waals surface area contributed by atoms with Gasteiger partial charge in [-0.05, 0) is 61.7 Å². The number of carbonyl (C=O) groups is 1. The van der Waals surface area contributed by atoms with E-state index in [9.17, 15) is 22.0 Å². The van der Waals surface area contributed by atoms with E-state index in [0.29, 0.717) is 54.4 Å². The molecule has 0 spiro atoms. The zero-order valence-corrected chi connectivity index (χ0v) is 21.8. The van der Waals surface area contributed by atoms with Crippen molar-refractivity contribution in [2.24, 2.45) is 0 Å². The van der Waals surface area contributed by atoms with Crippen LogP contribution >= 0.6 is 11.3 Å². The van der Waals surface area contributed by atoms with E-state index in [-0.39, 0.29) is 23.2 Å². The van der Waals surface area contributed by atoms with Gasteiger partial charge in [0.1, 0.15) is 17.7 Å². The molecule has 3 aromatic rings. The van der Waals surface area contributed by atoms with Crippen LogP contribution in [-0.4, -0.2) is 80.5 Å². The summed E-state index contributed by atoms with van der Waals surface area (Å²) >= 11 is 1.21. The maximum absolute atomic E-state index is 13.9. The van der Waals surface area contributed by atoms with E-state index >= 15 is 0 Å². The van der Waals surface area contributed by atoms with E-state index in [2.05, 4.69) is 9.88 Å². The molecule has 3 heterocycles. The van der Waals surface area contributed by atoms with Crippen molar-refractivity contribution in [3.05, 3.63) is 54.1 Å². The molecule has 2 aliphatic rings. The first-order chi connectivity index (χ1) is 17.8. The standard InChI is InChI=1S/C25H28F2N4O4S2/c26-18-4-7-20(8-5-18)37(33,34)31-12-1-3-22(31)24(32)30(11-2-10-29-13-15-35-16-14-29)25-28-21-9-6-19(27)17-23(21)36-25/h4-9,17,22H,1-3,10-16H2. The Bertz CT molecular complexity index is 1360. The van der Waals surface area contributed by atoms with Crippen LogP contribution in [-0.2, 0) is 19.6 Å². The zero-order valence-electron chi connectivity index (χ0n) is 20.2. The lowest BCUT2D eigenvalue weighted by molar-refractivity contribution is -0.121. The highest BCUT2D eigenvalue weighted by Crippen LogP contribution is 2.33. The molecule has 1 aromatic heterocycles. The highest BCUT2D eigenvalue weighted by atomic mass is 32.2. The number of amides is 1. The predicted molar refractivity (Wildman–Crippen MR) is 137 cm³/mol. The molecule has 0 radical (unpaired) electrons. The number of anilines is 1. The molecule has 37 heavy (non-hydrogen) atoms. The van der Waals surface area contributed by atoms with Gasteiger partial charge in [-0.15, -0.1) is 0 Å². The average Bonchev–Trinajstić information content (AvgIpc) is 3.55. The third-order valence-corrected chi connectivity index (χ3v) is 9.67. The minimum absolute atomic E-state index is 0.0528. The van der Waals surface area contributed by atoms with Gasteiger partial charge in [-0.25, -0.2) is 22.2 Å². The molecular weight excluding hydrogens is 522 g/mol. The summed E-state index contributed by atoms with van der Waals surface area (Å²) in [6.07, 6.45) is 1.57. The number of aromatic nitrogens is 1. The van der Waals surface area contributed by atoms with Crippen LogP contribution in [0.5, 0.6) is 0 Å². The first-order valence-corrected chi connectivity index (χ1v) is 14.5. The lowest BCUT2D eigenvalue weighted by atomic mass is 10.2. The second-order valence-electron chi connectivity index (χ2n) is 9.13. The van der Waals surface area contributed by atoms with Crippen molar-refractivity contribution < 1.29 is 26.7 Å². The van der Waals surface area contributed by atoms with Crippen LogP contribution in [0, 0.1) is 11.6 Å². The van der Waals surface area contributed by atoms with E-state index in [0.717, 1.165) is 31.8 Å². The quantitative estimate of drug-likeness (QED) is 0.427. The number of hydrogen-bond acceptors (Lipinski definition) is 7. The highest BCUT2D eigenvalue weighted by Gasteiger charge is 2.42. The molecule has 8 nitrogen and oxygen atoms in total. The van der Waals surface area contributed by atoms with E-state index in [1.807, 2.05) is 0 Å². The normalized spacial score (nSPS) is 19.5. The second kappa shape index (κ2) is 11.1. The molecule has 12 heteroatoms. The third-order valence-electron chi connectivity index (χ3n) is 6.70. The fourth-order valence-corrected chi connectivity index (χ4v) is 7.45. The van der Waals surface area contributed by atoms with Crippen molar-refractivity contribution in [2.75, 3.05) is 50.8 Å². The number of hydrogen-bond donors (Lipinski definition) is 0. The van der Waals surface area contributed by atoms with Gasteiger partial charge < -0.3 is 4.74 Å². The second-order valence-corrected chi connectivity index (χ2v) is 12.0. The van der Waals surface area contributed by atoms with Gasteiger partial charge in [0.25, 0.3) is 0 Å². The predicted octanol–water partition coefficient (Wildman–Crippen LogP) is 3.48. The van der Waals surface area contributed by atoms with Crippen molar-refractivity contribution >= 4 is 42.6 Å². The molecule has 0 saturated carbocycles. The first-order valence-electron chi connectivity index (χ1n) is 12.3. The fraction of sp³-hybridized carbons (Fsp3) is 0.440. The Labute approximate surface area is 218 Å². The summed E-state index contributed by atoms with van der Waals surface area (Å²) in [5, 5.41) is 0.415. The first kappa shape index (κ1) is 26.1. The van der Waals surface area contributed by atoms with Crippen LogP contribution in [0.25, 0.3) is 10.2 Å². The zero-order chi connectivity index (χ0) is 26.0. The summed E-state index contributed by atoms with van der Waals surface area (Å²) in [7, 11) is -4.00. The lowest BCUT2D eigenvalue weighted by Crippen LogP contribution is -2.48.